The van der Waals surface area contributed by atoms with Gasteiger partial charge in [0, 0.05) is 48.2 Å². The van der Waals surface area contributed by atoms with Crippen LogP contribution in [0.15, 0.2) is 24.7 Å². The number of halogens is 1. The molecule has 0 saturated carbocycles. The summed E-state index contributed by atoms with van der Waals surface area (Å²) in [5, 5.41) is 4.91. The molecule has 2 N–H and O–H groups in total. The van der Waals surface area contributed by atoms with Crippen LogP contribution in [0.3, 0.4) is 0 Å². The number of aromatic amines is 1. The summed E-state index contributed by atoms with van der Waals surface area (Å²) in [4.78, 5) is 31.0. The molecule has 1 saturated heterocycles. The number of H-pyrrole nitrogens is 1. The summed E-state index contributed by atoms with van der Waals surface area (Å²) < 4.78 is 5.24. The van der Waals surface area contributed by atoms with Gasteiger partial charge in [-0.25, -0.2) is 19.7 Å². The highest BCUT2D eigenvalue weighted by molar-refractivity contribution is 6.31. The highest BCUT2D eigenvalue weighted by Gasteiger charge is 2.27. The van der Waals surface area contributed by atoms with Crippen molar-refractivity contribution >= 4 is 34.5 Å². The Bertz CT molecular complexity index is 1070. The van der Waals surface area contributed by atoms with E-state index in [1.807, 2.05) is 30.3 Å². The number of likely N-dealkylation sites (tertiary alicyclic amines) is 1. The number of hydrogen-bond donors (Lipinski definition) is 2. The van der Waals surface area contributed by atoms with Gasteiger partial charge in [0.05, 0.1) is 17.7 Å². The second-order valence-corrected chi connectivity index (χ2v) is 8.03. The largest absolute Gasteiger partial charge is 0.450 e. The number of ether oxygens (including phenoxy) is 1. The molecule has 0 radical (unpaired) electrons. The van der Waals surface area contributed by atoms with Crippen LogP contribution in [-0.4, -0.2) is 56.7 Å². The summed E-state index contributed by atoms with van der Waals surface area (Å²) in [7, 11) is 0. The fourth-order valence-corrected chi connectivity index (χ4v) is 4.14. The van der Waals surface area contributed by atoms with Gasteiger partial charge in [0.25, 0.3) is 0 Å². The molecule has 0 bridgehead atoms. The summed E-state index contributed by atoms with van der Waals surface area (Å²) in [6, 6.07) is 1.94. The first-order valence-corrected chi connectivity index (χ1v) is 11.1. The van der Waals surface area contributed by atoms with Gasteiger partial charge in [-0.15, -0.1) is 0 Å². The standard InChI is InChI=1S/C22H27ClN6O2/c1-3-14-10-24-21(18-13-27-20-17(18)9-15(23)11-25-20)28-19(14)26-12-16-7-5-6-8-29(16)22(30)31-4-2/h9-11,13,16H,3-8,12H2,1-2H3,(H,25,27)(H,24,26,28)/t16-/m0/s1. The number of nitrogens with zero attached hydrogens (tertiary/aromatic N) is 4. The van der Waals surface area contributed by atoms with Crippen molar-refractivity contribution in [2.45, 2.75) is 45.6 Å². The Morgan fingerprint density at radius 2 is 2.19 bits per heavy atom. The van der Waals surface area contributed by atoms with Crippen molar-refractivity contribution in [3.8, 4) is 11.4 Å². The average Bonchev–Trinajstić information content (AvgIpc) is 3.21. The van der Waals surface area contributed by atoms with Gasteiger partial charge in [0.15, 0.2) is 5.82 Å². The zero-order chi connectivity index (χ0) is 21.8. The lowest BCUT2D eigenvalue weighted by Crippen LogP contribution is -2.47. The fourth-order valence-electron chi connectivity index (χ4n) is 3.99. The third kappa shape index (κ3) is 4.58. The van der Waals surface area contributed by atoms with Gasteiger partial charge in [-0.2, -0.15) is 0 Å². The lowest BCUT2D eigenvalue weighted by atomic mass is 10.0. The van der Waals surface area contributed by atoms with Crippen molar-refractivity contribution in [2.24, 2.45) is 0 Å². The molecule has 3 aromatic rings. The Balaban J connectivity index is 1.58. The molecule has 4 rings (SSSR count). The first-order valence-electron chi connectivity index (χ1n) is 10.8. The van der Waals surface area contributed by atoms with Crippen LogP contribution in [0, 0.1) is 0 Å². The van der Waals surface area contributed by atoms with Crippen LogP contribution in [-0.2, 0) is 11.2 Å². The molecule has 0 spiro atoms. The predicted molar refractivity (Wildman–Crippen MR) is 121 cm³/mol. The summed E-state index contributed by atoms with van der Waals surface area (Å²) in [5.74, 6) is 1.38. The van der Waals surface area contributed by atoms with Gasteiger partial charge in [0.1, 0.15) is 11.5 Å². The van der Waals surface area contributed by atoms with Crippen molar-refractivity contribution in [2.75, 3.05) is 25.0 Å². The van der Waals surface area contributed by atoms with Crippen molar-refractivity contribution in [1.82, 2.24) is 24.8 Å². The maximum Gasteiger partial charge on any atom is 0.410 e. The molecule has 3 aromatic heterocycles. The van der Waals surface area contributed by atoms with Crippen molar-refractivity contribution < 1.29 is 9.53 Å². The number of piperidine rings is 1. The topological polar surface area (TPSA) is 96.0 Å². The average molecular weight is 443 g/mol. The van der Waals surface area contributed by atoms with Crippen molar-refractivity contribution in [3.63, 3.8) is 0 Å². The van der Waals surface area contributed by atoms with E-state index in [4.69, 9.17) is 21.3 Å². The molecule has 1 amide bonds. The highest BCUT2D eigenvalue weighted by Crippen LogP contribution is 2.29. The van der Waals surface area contributed by atoms with Gasteiger partial charge < -0.3 is 19.9 Å². The van der Waals surface area contributed by atoms with E-state index in [0.29, 0.717) is 24.0 Å². The molecule has 164 valence electrons. The van der Waals surface area contributed by atoms with Gasteiger partial charge in [-0.1, -0.05) is 18.5 Å². The van der Waals surface area contributed by atoms with Crippen molar-refractivity contribution in [1.29, 1.82) is 0 Å². The SMILES string of the molecule is CCOC(=O)N1CCCC[C@H]1CNc1nc(-c2c[nH]c3ncc(Cl)cc23)ncc1CC. The number of aromatic nitrogens is 4. The quantitative estimate of drug-likeness (QED) is 0.576. The van der Waals surface area contributed by atoms with Crippen LogP contribution in [0.5, 0.6) is 0 Å². The fraction of sp³-hybridized carbons (Fsp3) is 0.455. The monoisotopic (exact) mass is 442 g/mol. The number of anilines is 1. The molecule has 1 aliphatic rings. The van der Waals surface area contributed by atoms with Crippen LogP contribution in [0.4, 0.5) is 10.6 Å². The number of aryl methyl sites for hydroxylation is 1. The van der Waals surface area contributed by atoms with E-state index in [-0.39, 0.29) is 12.1 Å². The van der Waals surface area contributed by atoms with Crippen LogP contribution in [0.1, 0.15) is 38.7 Å². The van der Waals surface area contributed by atoms with E-state index >= 15 is 0 Å². The number of carbonyl (C=O) groups is 1. The minimum atomic E-state index is -0.240. The zero-order valence-corrected chi connectivity index (χ0v) is 18.6. The maximum atomic E-state index is 12.3. The zero-order valence-electron chi connectivity index (χ0n) is 17.8. The van der Waals surface area contributed by atoms with E-state index in [9.17, 15) is 4.79 Å². The number of carbonyl (C=O) groups excluding carboxylic acids is 1. The van der Waals surface area contributed by atoms with Crippen molar-refractivity contribution in [3.05, 3.63) is 35.2 Å². The Morgan fingerprint density at radius 3 is 3.00 bits per heavy atom. The van der Waals surface area contributed by atoms with Gasteiger partial charge in [-0.3, -0.25) is 0 Å². The summed E-state index contributed by atoms with van der Waals surface area (Å²) in [5.41, 5.74) is 2.61. The van der Waals surface area contributed by atoms with E-state index in [2.05, 4.69) is 27.2 Å². The number of nitrogens with one attached hydrogen (secondary N) is 2. The second-order valence-electron chi connectivity index (χ2n) is 7.60. The molecule has 1 fully saturated rings. The number of pyridine rings is 1. The van der Waals surface area contributed by atoms with Crippen LogP contribution in [0.2, 0.25) is 5.02 Å². The summed E-state index contributed by atoms with van der Waals surface area (Å²) in [6.45, 7) is 5.63. The summed E-state index contributed by atoms with van der Waals surface area (Å²) >= 11 is 6.14. The highest BCUT2D eigenvalue weighted by atomic mass is 35.5. The molecule has 0 unspecified atom stereocenters. The molecule has 8 nitrogen and oxygen atoms in total. The van der Waals surface area contributed by atoms with E-state index < -0.39 is 0 Å². The molecule has 4 heterocycles. The molecular weight excluding hydrogens is 416 g/mol. The summed E-state index contributed by atoms with van der Waals surface area (Å²) in [6.07, 6.45) is 8.92. The normalized spacial score (nSPS) is 16.5. The second kappa shape index (κ2) is 9.51. The molecule has 0 aromatic carbocycles. The lowest BCUT2D eigenvalue weighted by molar-refractivity contribution is 0.0797. The molecule has 1 atom stereocenters. The number of fused-ring (bicyclic) bond motifs is 1. The minimum absolute atomic E-state index is 0.0759. The number of hydrogen-bond acceptors (Lipinski definition) is 6. The molecular formula is C22H27ClN6O2. The van der Waals surface area contributed by atoms with E-state index in [1.165, 1.54) is 0 Å². The Kier molecular flexibility index (Phi) is 6.56. The Hall–Kier alpha value is -2.87. The van der Waals surface area contributed by atoms with Gasteiger partial charge >= 0.3 is 6.09 Å². The third-order valence-corrected chi connectivity index (χ3v) is 5.83. The predicted octanol–water partition coefficient (Wildman–Crippen LogP) is 4.66. The van der Waals surface area contributed by atoms with Crippen LogP contribution < -0.4 is 5.32 Å². The van der Waals surface area contributed by atoms with E-state index in [0.717, 1.165) is 60.2 Å². The first kappa shape index (κ1) is 21.4. The Morgan fingerprint density at radius 1 is 1.32 bits per heavy atom. The molecule has 31 heavy (non-hydrogen) atoms. The van der Waals surface area contributed by atoms with Gasteiger partial charge in [0.2, 0.25) is 0 Å². The van der Waals surface area contributed by atoms with E-state index in [1.54, 1.807) is 6.20 Å². The Labute approximate surface area is 186 Å². The molecule has 1 aliphatic heterocycles. The molecule has 9 heteroatoms. The molecule has 0 aliphatic carbocycles. The minimum Gasteiger partial charge on any atom is -0.450 e. The van der Waals surface area contributed by atoms with Crippen LogP contribution >= 0.6 is 11.6 Å². The first-order chi connectivity index (χ1) is 15.1. The smallest absolute Gasteiger partial charge is 0.410 e. The third-order valence-electron chi connectivity index (χ3n) is 5.62. The maximum absolute atomic E-state index is 12.3. The number of amides is 1. The van der Waals surface area contributed by atoms with Gasteiger partial charge in [-0.05, 0) is 38.7 Å². The number of rotatable bonds is 6. The van der Waals surface area contributed by atoms with Crippen LogP contribution in [0.25, 0.3) is 22.4 Å². The lowest BCUT2D eigenvalue weighted by Gasteiger charge is -2.35.